The van der Waals surface area contributed by atoms with E-state index in [-0.39, 0.29) is 6.04 Å². The van der Waals surface area contributed by atoms with Crippen LogP contribution < -0.4 is 5.73 Å². The van der Waals surface area contributed by atoms with E-state index in [9.17, 15) is 0 Å². The predicted molar refractivity (Wildman–Crippen MR) is 61.0 cm³/mol. The summed E-state index contributed by atoms with van der Waals surface area (Å²) in [6.45, 7) is 2.21. The van der Waals surface area contributed by atoms with E-state index in [1.165, 1.54) is 10.5 Å². The van der Waals surface area contributed by atoms with E-state index < -0.39 is 0 Å². The van der Waals surface area contributed by atoms with Gasteiger partial charge in [0.2, 0.25) is 0 Å². The minimum atomic E-state index is 0.203. The Bertz CT molecular complexity index is 327. The molecule has 2 rings (SSSR count). The first-order chi connectivity index (χ1) is 6.18. The van der Waals surface area contributed by atoms with Crippen LogP contribution in [0.1, 0.15) is 18.5 Å². The molecule has 1 nitrogen and oxygen atoms in total. The number of fused-ring (bicyclic) bond motifs is 1. The molecule has 0 fully saturated rings. The van der Waals surface area contributed by atoms with Gasteiger partial charge in [-0.25, -0.2) is 0 Å². The van der Waals surface area contributed by atoms with Crippen molar-refractivity contribution in [3.05, 3.63) is 28.2 Å². The summed E-state index contributed by atoms with van der Waals surface area (Å²) >= 11 is 5.38. The van der Waals surface area contributed by atoms with Gasteiger partial charge in [0, 0.05) is 21.2 Å². The standard InChI is InChI=1S/C10H12BrNS/c1-6-5-13-9-3-2-7(11)4-8(9)10(6)12/h2-4,6,10H,5,12H2,1H3. The third-order valence-corrected chi connectivity index (χ3v) is 4.31. The summed E-state index contributed by atoms with van der Waals surface area (Å²) in [5, 5.41) is 0. The summed E-state index contributed by atoms with van der Waals surface area (Å²) in [4.78, 5) is 1.34. The van der Waals surface area contributed by atoms with E-state index in [1.807, 2.05) is 11.8 Å². The molecule has 0 saturated heterocycles. The molecule has 1 aromatic carbocycles. The number of nitrogens with two attached hydrogens (primary N) is 1. The zero-order valence-electron chi connectivity index (χ0n) is 7.46. The van der Waals surface area contributed by atoms with Gasteiger partial charge in [-0.1, -0.05) is 22.9 Å². The van der Waals surface area contributed by atoms with Crippen molar-refractivity contribution in [3.8, 4) is 0 Å². The van der Waals surface area contributed by atoms with Crippen LogP contribution in [0.5, 0.6) is 0 Å². The summed E-state index contributed by atoms with van der Waals surface area (Å²) in [6, 6.07) is 6.57. The molecule has 0 amide bonds. The molecule has 1 aliphatic rings. The van der Waals surface area contributed by atoms with Gasteiger partial charge in [0.1, 0.15) is 0 Å². The molecule has 70 valence electrons. The molecule has 0 spiro atoms. The fraction of sp³-hybridized carbons (Fsp3) is 0.400. The van der Waals surface area contributed by atoms with Crippen molar-refractivity contribution < 1.29 is 0 Å². The molecular weight excluding hydrogens is 246 g/mol. The summed E-state index contributed by atoms with van der Waals surface area (Å²) in [5.74, 6) is 1.71. The second-order valence-electron chi connectivity index (χ2n) is 3.50. The maximum atomic E-state index is 6.12. The Morgan fingerprint density at radius 3 is 3.08 bits per heavy atom. The van der Waals surface area contributed by atoms with Crippen molar-refractivity contribution in [3.63, 3.8) is 0 Å². The lowest BCUT2D eigenvalue weighted by molar-refractivity contribution is 0.507. The second kappa shape index (κ2) is 3.64. The lowest BCUT2D eigenvalue weighted by Crippen LogP contribution is -2.24. The topological polar surface area (TPSA) is 26.0 Å². The van der Waals surface area contributed by atoms with E-state index in [1.54, 1.807) is 0 Å². The zero-order valence-corrected chi connectivity index (χ0v) is 9.86. The second-order valence-corrected chi connectivity index (χ2v) is 5.47. The quantitative estimate of drug-likeness (QED) is 0.773. The first-order valence-electron chi connectivity index (χ1n) is 4.36. The number of halogens is 1. The number of benzene rings is 1. The van der Waals surface area contributed by atoms with Gasteiger partial charge >= 0.3 is 0 Å². The van der Waals surface area contributed by atoms with Gasteiger partial charge in [-0.3, -0.25) is 0 Å². The van der Waals surface area contributed by atoms with Crippen molar-refractivity contribution in [2.75, 3.05) is 5.75 Å². The van der Waals surface area contributed by atoms with Crippen molar-refractivity contribution >= 4 is 27.7 Å². The van der Waals surface area contributed by atoms with E-state index in [0.29, 0.717) is 5.92 Å². The van der Waals surface area contributed by atoms with Crippen molar-refractivity contribution in [2.24, 2.45) is 11.7 Å². The smallest absolute Gasteiger partial charge is 0.0340 e. The molecule has 0 aromatic heterocycles. The van der Waals surface area contributed by atoms with Crippen molar-refractivity contribution in [2.45, 2.75) is 17.9 Å². The van der Waals surface area contributed by atoms with Crippen molar-refractivity contribution in [1.29, 1.82) is 0 Å². The molecule has 0 aliphatic carbocycles. The van der Waals surface area contributed by atoms with Crippen molar-refractivity contribution in [1.82, 2.24) is 0 Å². The fourth-order valence-corrected chi connectivity index (χ4v) is 3.10. The maximum Gasteiger partial charge on any atom is 0.0340 e. The highest BCUT2D eigenvalue weighted by atomic mass is 79.9. The predicted octanol–water partition coefficient (Wildman–Crippen LogP) is 3.19. The third-order valence-electron chi connectivity index (χ3n) is 2.45. The van der Waals surface area contributed by atoms with Crippen LogP contribution in [0.2, 0.25) is 0 Å². The molecule has 1 aromatic rings. The maximum absolute atomic E-state index is 6.12. The molecule has 13 heavy (non-hydrogen) atoms. The van der Waals surface area contributed by atoms with Gasteiger partial charge in [-0.2, -0.15) is 0 Å². The number of rotatable bonds is 0. The fourth-order valence-electron chi connectivity index (χ4n) is 1.54. The summed E-state index contributed by atoms with van der Waals surface area (Å²) < 4.78 is 1.12. The van der Waals surface area contributed by atoms with Gasteiger partial charge in [-0.05, 0) is 29.7 Å². The van der Waals surface area contributed by atoms with E-state index >= 15 is 0 Å². The Balaban J connectivity index is 2.45. The van der Waals surface area contributed by atoms with E-state index in [2.05, 4.69) is 41.1 Å². The van der Waals surface area contributed by atoms with Gasteiger partial charge in [-0.15, -0.1) is 11.8 Å². The molecule has 1 heterocycles. The normalized spacial score (nSPS) is 27.0. The Morgan fingerprint density at radius 2 is 2.31 bits per heavy atom. The Kier molecular flexibility index (Phi) is 2.67. The highest BCUT2D eigenvalue weighted by Crippen LogP contribution is 2.39. The molecule has 2 unspecified atom stereocenters. The zero-order chi connectivity index (χ0) is 9.42. The van der Waals surface area contributed by atoms with E-state index in [0.717, 1.165) is 10.2 Å². The molecule has 0 saturated carbocycles. The number of thioether (sulfide) groups is 1. The SMILES string of the molecule is CC1CSc2ccc(Br)cc2C1N. The molecular formula is C10H12BrNS. The van der Waals surface area contributed by atoms with E-state index in [4.69, 9.17) is 5.73 Å². The minimum absolute atomic E-state index is 0.203. The monoisotopic (exact) mass is 257 g/mol. The van der Waals surface area contributed by atoms with Gasteiger partial charge in [0.05, 0.1) is 0 Å². The van der Waals surface area contributed by atoms with Crippen LogP contribution in [-0.2, 0) is 0 Å². The Labute approximate surface area is 91.2 Å². The third kappa shape index (κ3) is 1.78. The minimum Gasteiger partial charge on any atom is -0.324 e. The van der Waals surface area contributed by atoms with Crippen LogP contribution in [0, 0.1) is 5.92 Å². The highest BCUT2D eigenvalue weighted by Gasteiger charge is 2.23. The Morgan fingerprint density at radius 1 is 1.54 bits per heavy atom. The number of hydrogen-bond donors (Lipinski definition) is 1. The van der Waals surface area contributed by atoms with Gasteiger partial charge in [0.25, 0.3) is 0 Å². The number of hydrogen-bond acceptors (Lipinski definition) is 2. The Hall–Kier alpha value is 0.01000. The molecule has 0 bridgehead atoms. The molecule has 0 radical (unpaired) electrons. The average molecular weight is 258 g/mol. The average Bonchev–Trinajstić information content (AvgIpc) is 2.12. The van der Waals surface area contributed by atoms with Crippen LogP contribution in [-0.4, -0.2) is 5.75 Å². The van der Waals surface area contributed by atoms with Crippen LogP contribution in [0.25, 0.3) is 0 Å². The summed E-state index contributed by atoms with van der Waals surface area (Å²) in [5.41, 5.74) is 7.41. The van der Waals surface area contributed by atoms with Crippen LogP contribution in [0.4, 0.5) is 0 Å². The first-order valence-corrected chi connectivity index (χ1v) is 6.14. The van der Waals surface area contributed by atoms with Crippen LogP contribution in [0.15, 0.2) is 27.6 Å². The van der Waals surface area contributed by atoms with Gasteiger partial charge < -0.3 is 5.73 Å². The van der Waals surface area contributed by atoms with Crippen LogP contribution in [0.3, 0.4) is 0 Å². The molecule has 2 atom stereocenters. The summed E-state index contributed by atoms with van der Waals surface area (Å²) in [6.07, 6.45) is 0. The first kappa shape index (κ1) is 9.56. The van der Waals surface area contributed by atoms with Crippen LogP contribution >= 0.6 is 27.7 Å². The lowest BCUT2D eigenvalue weighted by Gasteiger charge is -2.27. The lowest BCUT2D eigenvalue weighted by atomic mass is 9.96. The largest absolute Gasteiger partial charge is 0.324 e. The summed E-state index contributed by atoms with van der Waals surface area (Å²) in [7, 11) is 0. The van der Waals surface area contributed by atoms with Gasteiger partial charge in [0.15, 0.2) is 0 Å². The highest BCUT2D eigenvalue weighted by molar-refractivity contribution is 9.10. The molecule has 3 heteroatoms. The molecule has 1 aliphatic heterocycles. The molecule has 2 N–H and O–H groups in total.